The number of rotatable bonds is 6. The summed E-state index contributed by atoms with van der Waals surface area (Å²) in [5.74, 6) is 0. The Morgan fingerprint density at radius 2 is 1.17 bits per heavy atom. The topological polar surface area (TPSA) is 77.8 Å². The maximum atomic E-state index is 6.34. The summed E-state index contributed by atoms with van der Waals surface area (Å²) < 4.78 is 0. The van der Waals surface area contributed by atoms with E-state index in [1.165, 1.54) is 11.1 Å². The Balaban J connectivity index is 2.16. The number of nitrogens with two attached hydrogens (primary N) is 2. The Morgan fingerprint density at radius 3 is 1.54 bits per heavy atom. The maximum absolute atomic E-state index is 6.34. The highest BCUT2D eigenvalue weighted by molar-refractivity contribution is 6.16. The highest BCUT2D eigenvalue weighted by Crippen LogP contribution is 2.35. The van der Waals surface area contributed by atoms with Gasteiger partial charge in [-0.1, -0.05) is 26.7 Å². The minimum absolute atomic E-state index is 0.623. The molecule has 0 spiro atoms. The van der Waals surface area contributed by atoms with Crippen LogP contribution in [0.1, 0.15) is 50.7 Å². The van der Waals surface area contributed by atoms with Gasteiger partial charge < -0.3 is 11.5 Å². The zero-order chi connectivity index (χ0) is 17.1. The van der Waals surface area contributed by atoms with Crippen molar-refractivity contribution < 1.29 is 0 Å². The molecule has 3 rings (SSSR count). The van der Waals surface area contributed by atoms with Crippen molar-refractivity contribution in [1.29, 1.82) is 0 Å². The molecule has 0 aliphatic heterocycles. The number of fused-ring (bicyclic) bond motifs is 3. The molecule has 0 fully saturated rings. The predicted octanol–water partition coefficient (Wildman–Crippen LogP) is 4.63. The number of aromatic nitrogens is 2. The highest BCUT2D eigenvalue weighted by Gasteiger charge is 2.13. The Kier molecular flexibility index (Phi) is 4.84. The van der Waals surface area contributed by atoms with Crippen LogP contribution in [0.2, 0.25) is 0 Å². The van der Waals surface area contributed by atoms with Gasteiger partial charge in [-0.2, -0.15) is 0 Å². The Labute approximate surface area is 143 Å². The van der Waals surface area contributed by atoms with Crippen molar-refractivity contribution in [2.75, 3.05) is 11.5 Å². The summed E-state index contributed by atoms with van der Waals surface area (Å²) in [6.07, 6.45) is 10.5. The molecule has 0 aliphatic carbocycles. The normalized spacial score (nSPS) is 11.4. The van der Waals surface area contributed by atoms with Crippen molar-refractivity contribution in [2.24, 2.45) is 0 Å². The van der Waals surface area contributed by atoms with Gasteiger partial charge >= 0.3 is 0 Å². The molecule has 0 atom stereocenters. The first kappa shape index (κ1) is 16.5. The first-order chi connectivity index (χ1) is 11.7. The molecule has 0 aliphatic rings. The van der Waals surface area contributed by atoms with Crippen LogP contribution in [0.15, 0.2) is 24.5 Å². The van der Waals surface area contributed by atoms with Crippen molar-refractivity contribution in [2.45, 2.75) is 52.4 Å². The number of hydrogen-bond donors (Lipinski definition) is 2. The summed E-state index contributed by atoms with van der Waals surface area (Å²) in [6.45, 7) is 4.38. The quantitative estimate of drug-likeness (QED) is 0.394. The third-order valence-corrected chi connectivity index (χ3v) is 4.62. The lowest BCUT2D eigenvalue weighted by atomic mass is 10.0. The third-order valence-electron chi connectivity index (χ3n) is 4.62. The number of benzene rings is 1. The van der Waals surface area contributed by atoms with Gasteiger partial charge in [-0.3, -0.25) is 9.97 Å². The lowest BCUT2D eigenvalue weighted by Crippen LogP contribution is -2.01. The molecule has 24 heavy (non-hydrogen) atoms. The standard InChI is InChI=1S/C20H26N4/c1-3-5-7-13-9-15-17(21)18(22)16-10-14(8-6-4-2)12-24-20(16)19(15)23-11-13/h9-12H,3-8,21-22H2,1-2H3. The maximum Gasteiger partial charge on any atom is 0.0987 e. The van der Waals surface area contributed by atoms with Crippen molar-refractivity contribution in [3.05, 3.63) is 35.7 Å². The summed E-state index contributed by atoms with van der Waals surface area (Å²) in [7, 11) is 0. The molecule has 0 unspecified atom stereocenters. The van der Waals surface area contributed by atoms with Gasteiger partial charge in [0.05, 0.1) is 22.4 Å². The molecular formula is C20H26N4. The van der Waals surface area contributed by atoms with E-state index in [1.807, 2.05) is 12.4 Å². The van der Waals surface area contributed by atoms with Gasteiger partial charge in [0.25, 0.3) is 0 Å². The average Bonchev–Trinajstić information content (AvgIpc) is 2.62. The Hall–Kier alpha value is -2.36. The summed E-state index contributed by atoms with van der Waals surface area (Å²) in [5.41, 5.74) is 18.0. The van der Waals surface area contributed by atoms with Crippen molar-refractivity contribution in [3.63, 3.8) is 0 Å². The van der Waals surface area contributed by atoms with E-state index >= 15 is 0 Å². The van der Waals surface area contributed by atoms with Gasteiger partial charge in [-0.15, -0.1) is 0 Å². The zero-order valence-corrected chi connectivity index (χ0v) is 14.6. The number of hydrogen-bond acceptors (Lipinski definition) is 4. The first-order valence-electron chi connectivity index (χ1n) is 8.89. The van der Waals surface area contributed by atoms with E-state index in [9.17, 15) is 0 Å². The number of pyridine rings is 2. The second-order valence-electron chi connectivity index (χ2n) is 6.51. The lowest BCUT2D eigenvalue weighted by molar-refractivity contribution is 0.793. The fraction of sp³-hybridized carbons (Fsp3) is 0.400. The number of nitrogen functional groups attached to an aromatic ring is 2. The minimum Gasteiger partial charge on any atom is -0.396 e. The van der Waals surface area contributed by atoms with Crippen LogP contribution in [0.4, 0.5) is 11.4 Å². The first-order valence-corrected chi connectivity index (χ1v) is 8.89. The monoisotopic (exact) mass is 322 g/mol. The predicted molar refractivity (Wildman–Crippen MR) is 103 cm³/mol. The van der Waals surface area contributed by atoms with E-state index in [1.54, 1.807) is 0 Å². The van der Waals surface area contributed by atoms with E-state index in [4.69, 9.17) is 11.5 Å². The molecule has 2 aromatic heterocycles. The fourth-order valence-corrected chi connectivity index (χ4v) is 3.13. The number of nitrogens with zero attached hydrogens (tertiary/aromatic N) is 2. The molecule has 4 heteroatoms. The van der Waals surface area contributed by atoms with Crippen LogP contribution in [0.25, 0.3) is 21.8 Å². The molecule has 0 amide bonds. The van der Waals surface area contributed by atoms with Crippen LogP contribution in [-0.4, -0.2) is 9.97 Å². The molecule has 0 saturated heterocycles. The van der Waals surface area contributed by atoms with E-state index in [0.29, 0.717) is 11.4 Å². The summed E-state index contributed by atoms with van der Waals surface area (Å²) in [6, 6.07) is 4.24. The summed E-state index contributed by atoms with van der Waals surface area (Å²) in [5, 5.41) is 1.84. The average molecular weight is 322 g/mol. The van der Waals surface area contributed by atoms with Crippen molar-refractivity contribution in [1.82, 2.24) is 9.97 Å². The fourth-order valence-electron chi connectivity index (χ4n) is 3.13. The van der Waals surface area contributed by atoms with Crippen molar-refractivity contribution >= 4 is 33.2 Å². The summed E-state index contributed by atoms with van der Waals surface area (Å²) in [4.78, 5) is 9.32. The van der Waals surface area contributed by atoms with Gasteiger partial charge in [-0.05, 0) is 48.9 Å². The summed E-state index contributed by atoms with van der Waals surface area (Å²) >= 11 is 0. The van der Waals surface area contributed by atoms with E-state index < -0.39 is 0 Å². The number of aryl methyl sites for hydroxylation is 2. The zero-order valence-electron chi connectivity index (χ0n) is 14.6. The number of unbranched alkanes of at least 4 members (excludes halogenated alkanes) is 2. The molecule has 4 N–H and O–H groups in total. The largest absolute Gasteiger partial charge is 0.396 e. The third kappa shape index (κ3) is 3.01. The van der Waals surface area contributed by atoms with Crippen LogP contribution in [0.5, 0.6) is 0 Å². The molecule has 2 heterocycles. The Bertz CT molecular complexity index is 798. The molecule has 0 radical (unpaired) electrons. The van der Waals surface area contributed by atoms with Crippen LogP contribution >= 0.6 is 0 Å². The van der Waals surface area contributed by atoms with E-state index in [2.05, 4.69) is 35.9 Å². The van der Waals surface area contributed by atoms with Crippen LogP contribution in [0.3, 0.4) is 0 Å². The molecule has 126 valence electrons. The van der Waals surface area contributed by atoms with Crippen LogP contribution in [-0.2, 0) is 12.8 Å². The number of anilines is 2. The lowest BCUT2D eigenvalue weighted by Gasteiger charge is -2.12. The SMILES string of the molecule is CCCCc1cnc2c(c1)c(N)c(N)c1cc(CCCC)cnc12. The molecular weight excluding hydrogens is 296 g/mol. The van der Waals surface area contributed by atoms with Crippen molar-refractivity contribution in [3.8, 4) is 0 Å². The van der Waals surface area contributed by atoms with Gasteiger partial charge in [0, 0.05) is 23.2 Å². The molecule has 3 aromatic rings. The highest BCUT2D eigenvalue weighted by atomic mass is 14.8. The van der Waals surface area contributed by atoms with Crippen LogP contribution < -0.4 is 11.5 Å². The molecule has 0 saturated carbocycles. The van der Waals surface area contributed by atoms with E-state index in [0.717, 1.165) is 60.3 Å². The smallest absolute Gasteiger partial charge is 0.0987 e. The van der Waals surface area contributed by atoms with Gasteiger partial charge in [0.1, 0.15) is 0 Å². The Morgan fingerprint density at radius 1 is 0.750 bits per heavy atom. The van der Waals surface area contributed by atoms with Gasteiger partial charge in [0.15, 0.2) is 0 Å². The minimum atomic E-state index is 0.623. The van der Waals surface area contributed by atoms with Gasteiger partial charge in [0.2, 0.25) is 0 Å². The molecule has 4 nitrogen and oxygen atoms in total. The second-order valence-corrected chi connectivity index (χ2v) is 6.51. The van der Waals surface area contributed by atoms with Gasteiger partial charge in [-0.25, -0.2) is 0 Å². The van der Waals surface area contributed by atoms with E-state index in [-0.39, 0.29) is 0 Å². The van der Waals surface area contributed by atoms with Crippen LogP contribution in [0, 0.1) is 0 Å². The second kappa shape index (κ2) is 7.04. The molecule has 0 bridgehead atoms. The molecule has 1 aromatic carbocycles.